The minimum absolute atomic E-state index is 0.0153. The Balaban J connectivity index is 3.03. The lowest BCUT2D eigenvalue weighted by atomic mass is 9.88. The van der Waals surface area contributed by atoms with Crippen LogP contribution in [-0.2, 0) is 5.41 Å². The second-order valence-electron chi connectivity index (χ2n) is 4.24. The minimum Gasteiger partial charge on any atom is -0.394 e. The van der Waals surface area contributed by atoms with Gasteiger partial charge in [0.2, 0.25) is 0 Å². The fourth-order valence-electron chi connectivity index (χ4n) is 1.28. The van der Waals surface area contributed by atoms with Gasteiger partial charge in [0.1, 0.15) is 0 Å². The van der Waals surface area contributed by atoms with Gasteiger partial charge in [0.15, 0.2) is 0 Å². The maximum atomic E-state index is 8.93. The highest BCUT2D eigenvalue weighted by molar-refractivity contribution is 5.26. The standard InChI is InChI=1S/C9H17N3O/c1-9(2,3)8-6(4-11-12-8)7(10)5-13/h4,7,13H,5,10H2,1-3H3,(H,11,12)/t7-/m1/s1. The highest BCUT2D eigenvalue weighted by Crippen LogP contribution is 2.26. The van der Waals surface area contributed by atoms with Gasteiger partial charge >= 0.3 is 0 Å². The molecular formula is C9H17N3O. The van der Waals surface area contributed by atoms with E-state index in [0.717, 1.165) is 11.3 Å². The molecule has 0 fully saturated rings. The molecule has 0 unspecified atom stereocenters. The average molecular weight is 183 g/mol. The summed E-state index contributed by atoms with van der Waals surface area (Å²) in [6.07, 6.45) is 1.68. The van der Waals surface area contributed by atoms with E-state index in [2.05, 4.69) is 31.0 Å². The smallest absolute Gasteiger partial charge is 0.0625 e. The third-order valence-corrected chi connectivity index (χ3v) is 2.01. The lowest BCUT2D eigenvalue weighted by Gasteiger charge is -2.20. The molecule has 1 aromatic heterocycles. The molecule has 0 radical (unpaired) electrons. The molecule has 1 atom stereocenters. The predicted molar refractivity (Wildman–Crippen MR) is 51.3 cm³/mol. The van der Waals surface area contributed by atoms with Crippen LogP contribution >= 0.6 is 0 Å². The first kappa shape index (κ1) is 10.2. The molecule has 0 aromatic carbocycles. The third kappa shape index (κ3) is 2.08. The molecule has 4 heteroatoms. The number of aliphatic hydroxyl groups is 1. The van der Waals surface area contributed by atoms with Gasteiger partial charge in [0.25, 0.3) is 0 Å². The average Bonchev–Trinajstić information content (AvgIpc) is 2.49. The van der Waals surface area contributed by atoms with Gasteiger partial charge in [-0.15, -0.1) is 0 Å². The van der Waals surface area contributed by atoms with Crippen molar-refractivity contribution in [1.29, 1.82) is 0 Å². The highest BCUT2D eigenvalue weighted by atomic mass is 16.3. The molecular weight excluding hydrogens is 166 g/mol. The van der Waals surface area contributed by atoms with Crippen molar-refractivity contribution >= 4 is 0 Å². The number of hydrogen-bond donors (Lipinski definition) is 3. The van der Waals surface area contributed by atoms with Gasteiger partial charge in [-0.05, 0) is 0 Å². The molecule has 0 aliphatic rings. The molecule has 0 spiro atoms. The summed E-state index contributed by atoms with van der Waals surface area (Å²) in [6, 6.07) is -0.340. The summed E-state index contributed by atoms with van der Waals surface area (Å²) in [6.45, 7) is 6.18. The van der Waals surface area contributed by atoms with Crippen molar-refractivity contribution in [2.45, 2.75) is 32.2 Å². The number of rotatable bonds is 2. The van der Waals surface area contributed by atoms with E-state index >= 15 is 0 Å². The first-order valence-corrected chi connectivity index (χ1v) is 4.37. The van der Waals surface area contributed by atoms with Crippen LogP contribution in [0.1, 0.15) is 38.1 Å². The number of nitrogens with one attached hydrogen (secondary N) is 1. The first-order valence-electron chi connectivity index (χ1n) is 4.37. The van der Waals surface area contributed by atoms with Crippen LogP contribution in [0.2, 0.25) is 0 Å². The molecule has 0 bridgehead atoms. The van der Waals surface area contributed by atoms with Crippen molar-refractivity contribution < 1.29 is 5.11 Å². The Labute approximate surface area is 78.2 Å². The van der Waals surface area contributed by atoms with Crippen molar-refractivity contribution in [3.63, 3.8) is 0 Å². The summed E-state index contributed by atoms with van der Waals surface area (Å²) in [5.41, 5.74) is 7.60. The largest absolute Gasteiger partial charge is 0.394 e. The molecule has 4 nitrogen and oxygen atoms in total. The van der Waals surface area contributed by atoms with E-state index in [1.54, 1.807) is 6.20 Å². The van der Waals surface area contributed by atoms with Gasteiger partial charge in [-0.3, -0.25) is 5.10 Å². The number of aromatic nitrogens is 2. The van der Waals surface area contributed by atoms with Crippen molar-refractivity contribution in [2.24, 2.45) is 5.73 Å². The molecule has 1 heterocycles. The SMILES string of the molecule is CC(C)(C)c1[nH]ncc1[C@H](N)CO. The maximum absolute atomic E-state index is 8.93. The second kappa shape index (κ2) is 3.47. The van der Waals surface area contributed by atoms with Crippen molar-refractivity contribution in [3.8, 4) is 0 Å². The Bertz CT molecular complexity index is 275. The van der Waals surface area contributed by atoms with Crippen LogP contribution in [0, 0.1) is 0 Å². The normalized spacial score (nSPS) is 14.5. The van der Waals surface area contributed by atoms with E-state index in [9.17, 15) is 0 Å². The van der Waals surface area contributed by atoms with Gasteiger partial charge in [0.05, 0.1) is 18.8 Å². The maximum Gasteiger partial charge on any atom is 0.0625 e. The lowest BCUT2D eigenvalue weighted by molar-refractivity contribution is 0.266. The van der Waals surface area contributed by atoms with Crippen molar-refractivity contribution in [2.75, 3.05) is 6.61 Å². The topological polar surface area (TPSA) is 74.9 Å². The monoisotopic (exact) mass is 183 g/mol. The van der Waals surface area contributed by atoms with E-state index in [1.807, 2.05) is 0 Å². The Morgan fingerprint density at radius 2 is 2.23 bits per heavy atom. The molecule has 0 saturated carbocycles. The Kier molecular flexibility index (Phi) is 2.73. The number of aliphatic hydroxyl groups excluding tert-OH is 1. The van der Waals surface area contributed by atoms with Crippen LogP contribution < -0.4 is 5.73 Å². The Hall–Kier alpha value is -0.870. The fourth-order valence-corrected chi connectivity index (χ4v) is 1.28. The van der Waals surface area contributed by atoms with Crippen LogP contribution in [0.3, 0.4) is 0 Å². The first-order chi connectivity index (χ1) is 5.96. The van der Waals surface area contributed by atoms with Crippen LogP contribution in [0.5, 0.6) is 0 Å². The summed E-state index contributed by atoms with van der Waals surface area (Å²) in [5.74, 6) is 0. The van der Waals surface area contributed by atoms with Gasteiger partial charge in [-0.25, -0.2) is 0 Å². The third-order valence-electron chi connectivity index (χ3n) is 2.01. The van der Waals surface area contributed by atoms with Gasteiger partial charge in [-0.2, -0.15) is 5.10 Å². The molecule has 0 saturated heterocycles. The number of nitrogens with two attached hydrogens (primary N) is 1. The molecule has 74 valence electrons. The summed E-state index contributed by atoms with van der Waals surface area (Å²) < 4.78 is 0. The summed E-state index contributed by atoms with van der Waals surface area (Å²) in [4.78, 5) is 0. The fraction of sp³-hybridized carbons (Fsp3) is 0.667. The van der Waals surface area contributed by atoms with Crippen LogP contribution in [0.25, 0.3) is 0 Å². The highest BCUT2D eigenvalue weighted by Gasteiger charge is 2.22. The quantitative estimate of drug-likeness (QED) is 0.631. The molecule has 0 amide bonds. The summed E-state index contributed by atoms with van der Waals surface area (Å²) >= 11 is 0. The molecule has 0 aliphatic carbocycles. The lowest BCUT2D eigenvalue weighted by Crippen LogP contribution is -2.21. The van der Waals surface area contributed by atoms with Gasteiger partial charge < -0.3 is 10.8 Å². The van der Waals surface area contributed by atoms with Crippen LogP contribution in [-0.4, -0.2) is 21.9 Å². The zero-order valence-corrected chi connectivity index (χ0v) is 8.33. The second-order valence-corrected chi connectivity index (χ2v) is 4.24. The van der Waals surface area contributed by atoms with Crippen molar-refractivity contribution in [1.82, 2.24) is 10.2 Å². The van der Waals surface area contributed by atoms with E-state index in [-0.39, 0.29) is 18.1 Å². The molecule has 1 rings (SSSR count). The summed E-state index contributed by atoms with van der Waals surface area (Å²) in [7, 11) is 0. The number of nitrogens with zero attached hydrogens (tertiary/aromatic N) is 1. The molecule has 1 aromatic rings. The zero-order valence-electron chi connectivity index (χ0n) is 8.33. The molecule has 4 N–H and O–H groups in total. The zero-order chi connectivity index (χ0) is 10.1. The number of hydrogen-bond acceptors (Lipinski definition) is 3. The Morgan fingerprint density at radius 3 is 2.69 bits per heavy atom. The number of H-pyrrole nitrogens is 1. The van der Waals surface area contributed by atoms with Gasteiger partial charge in [0, 0.05) is 16.7 Å². The van der Waals surface area contributed by atoms with E-state index < -0.39 is 0 Å². The van der Waals surface area contributed by atoms with E-state index in [1.165, 1.54) is 0 Å². The minimum atomic E-state index is -0.340. The van der Waals surface area contributed by atoms with Crippen LogP contribution in [0.15, 0.2) is 6.20 Å². The van der Waals surface area contributed by atoms with E-state index in [4.69, 9.17) is 10.8 Å². The molecule has 13 heavy (non-hydrogen) atoms. The predicted octanol–water partition coefficient (Wildman–Crippen LogP) is 0.699. The van der Waals surface area contributed by atoms with Crippen molar-refractivity contribution in [3.05, 3.63) is 17.5 Å². The van der Waals surface area contributed by atoms with Crippen LogP contribution in [0.4, 0.5) is 0 Å². The number of aromatic amines is 1. The summed E-state index contributed by atoms with van der Waals surface area (Å²) in [5, 5.41) is 15.8. The van der Waals surface area contributed by atoms with Gasteiger partial charge in [-0.1, -0.05) is 20.8 Å². The molecule has 0 aliphatic heterocycles. The Morgan fingerprint density at radius 1 is 1.62 bits per heavy atom. The van der Waals surface area contributed by atoms with E-state index in [0.29, 0.717) is 0 Å².